The Labute approximate surface area is 117 Å². The molecule has 1 rings (SSSR count). The first-order valence-electron chi connectivity index (χ1n) is 6.23. The Kier molecular flexibility index (Phi) is 5.71. The number of hydrogen-bond donors (Lipinski definition) is 0. The van der Waals surface area contributed by atoms with Gasteiger partial charge in [-0.1, -0.05) is 13.0 Å². The fraction of sp³-hybridized carbons (Fsp3) is 0.357. The van der Waals surface area contributed by atoms with Gasteiger partial charge in [0.2, 0.25) is 0 Å². The van der Waals surface area contributed by atoms with Gasteiger partial charge in [0.15, 0.2) is 5.75 Å². The van der Waals surface area contributed by atoms with Gasteiger partial charge < -0.3 is 9.47 Å². The largest absolute Gasteiger partial charge is 0.490 e. The minimum Gasteiger partial charge on any atom is -0.490 e. The normalized spacial score (nSPS) is 11.1. The summed E-state index contributed by atoms with van der Waals surface area (Å²) in [5, 5.41) is 10.9. The van der Waals surface area contributed by atoms with E-state index in [4.69, 9.17) is 9.47 Å². The van der Waals surface area contributed by atoms with E-state index < -0.39 is 10.9 Å². The Morgan fingerprint density at radius 3 is 2.60 bits per heavy atom. The van der Waals surface area contributed by atoms with Crippen LogP contribution < -0.4 is 4.74 Å². The standard InChI is InChI=1S/C14H17NO5/c1-4-11(14(16)20-5-2)8-10-6-7-13(19-3)12(9-10)15(17)18/h6-9H,4-5H2,1-3H3/b11-8+. The van der Waals surface area contributed by atoms with E-state index in [-0.39, 0.29) is 11.4 Å². The maximum absolute atomic E-state index is 11.7. The monoisotopic (exact) mass is 279 g/mol. The van der Waals surface area contributed by atoms with Crippen molar-refractivity contribution in [1.29, 1.82) is 0 Å². The van der Waals surface area contributed by atoms with Gasteiger partial charge in [0.25, 0.3) is 0 Å². The molecule has 0 saturated heterocycles. The second-order valence-corrected chi connectivity index (χ2v) is 3.93. The minimum atomic E-state index is -0.522. The zero-order chi connectivity index (χ0) is 15.1. The molecule has 0 amide bonds. The topological polar surface area (TPSA) is 78.7 Å². The van der Waals surface area contributed by atoms with Crippen LogP contribution in [0.3, 0.4) is 0 Å². The van der Waals surface area contributed by atoms with Gasteiger partial charge >= 0.3 is 11.7 Å². The third kappa shape index (κ3) is 3.81. The molecule has 6 heteroatoms. The van der Waals surface area contributed by atoms with Crippen LogP contribution in [0.4, 0.5) is 5.69 Å². The van der Waals surface area contributed by atoms with Crippen molar-refractivity contribution in [3.05, 3.63) is 39.4 Å². The third-order valence-corrected chi connectivity index (χ3v) is 2.66. The highest BCUT2D eigenvalue weighted by molar-refractivity contribution is 5.93. The van der Waals surface area contributed by atoms with E-state index in [1.165, 1.54) is 19.2 Å². The molecule has 0 heterocycles. The number of nitro groups is 1. The van der Waals surface area contributed by atoms with Crippen molar-refractivity contribution >= 4 is 17.7 Å². The number of methoxy groups -OCH3 is 1. The summed E-state index contributed by atoms with van der Waals surface area (Å²) in [4.78, 5) is 22.1. The first-order valence-corrected chi connectivity index (χ1v) is 6.23. The van der Waals surface area contributed by atoms with E-state index in [0.717, 1.165) is 0 Å². The van der Waals surface area contributed by atoms with Crippen LogP contribution in [0.5, 0.6) is 5.75 Å². The average Bonchev–Trinajstić information content (AvgIpc) is 2.44. The molecule has 0 spiro atoms. The Morgan fingerprint density at radius 1 is 1.40 bits per heavy atom. The van der Waals surface area contributed by atoms with Crippen molar-refractivity contribution in [2.24, 2.45) is 0 Å². The van der Waals surface area contributed by atoms with Crippen LogP contribution in [-0.2, 0) is 9.53 Å². The van der Waals surface area contributed by atoms with Gasteiger partial charge in [0.05, 0.1) is 18.6 Å². The Morgan fingerprint density at radius 2 is 2.10 bits per heavy atom. The Hall–Kier alpha value is -2.37. The summed E-state index contributed by atoms with van der Waals surface area (Å²) in [6.07, 6.45) is 2.07. The SMILES string of the molecule is CCOC(=O)/C(=C/c1ccc(OC)c([N+](=O)[O-])c1)CC. The molecule has 0 radical (unpaired) electrons. The molecular formula is C14H17NO5. The summed E-state index contributed by atoms with van der Waals surface area (Å²) in [6, 6.07) is 4.52. The molecule has 0 unspecified atom stereocenters. The smallest absolute Gasteiger partial charge is 0.333 e. The van der Waals surface area contributed by atoms with Gasteiger partial charge in [-0.2, -0.15) is 0 Å². The first-order chi connectivity index (χ1) is 9.53. The number of rotatable bonds is 6. The fourth-order valence-electron chi connectivity index (χ4n) is 1.67. The summed E-state index contributed by atoms with van der Waals surface area (Å²) in [6.45, 7) is 3.84. The number of carbonyl (C=O) groups excluding carboxylic acids is 1. The van der Waals surface area contributed by atoms with Crippen LogP contribution in [0.25, 0.3) is 6.08 Å². The highest BCUT2D eigenvalue weighted by Gasteiger charge is 2.15. The van der Waals surface area contributed by atoms with Gasteiger partial charge in [-0.25, -0.2) is 4.79 Å². The zero-order valence-corrected chi connectivity index (χ0v) is 11.7. The summed E-state index contributed by atoms with van der Waals surface area (Å²) in [7, 11) is 1.37. The molecule has 0 aromatic heterocycles. The molecule has 0 bridgehead atoms. The van der Waals surface area contributed by atoms with Gasteiger partial charge in [-0.15, -0.1) is 0 Å². The molecule has 1 aromatic carbocycles. The van der Waals surface area contributed by atoms with Crippen LogP contribution in [0, 0.1) is 10.1 Å². The lowest BCUT2D eigenvalue weighted by Gasteiger charge is -2.06. The lowest BCUT2D eigenvalue weighted by atomic mass is 10.1. The van der Waals surface area contributed by atoms with Gasteiger partial charge in [-0.3, -0.25) is 10.1 Å². The van der Waals surface area contributed by atoms with E-state index in [9.17, 15) is 14.9 Å². The predicted octanol–water partition coefficient (Wildman–Crippen LogP) is 2.96. The number of hydrogen-bond acceptors (Lipinski definition) is 5. The van der Waals surface area contributed by atoms with Gasteiger partial charge in [0, 0.05) is 11.6 Å². The number of nitro benzene ring substituents is 1. The molecule has 0 saturated carbocycles. The molecule has 0 fully saturated rings. The average molecular weight is 279 g/mol. The fourth-order valence-corrected chi connectivity index (χ4v) is 1.67. The zero-order valence-electron chi connectivity index (χ0n) is 11.7. The van der Waals surface area contributed by atoms with E-state index >= 15 is 0 Å². The van der Waals surface area contributed by atoms with Crippen molar-refractivity contribution in [3.63, 3.8) is 0 Å². The van der Waals surface area contributed by atoms with Gasteiger partial charge in [0.1, 0.15) is 0 Å². The maximum Gasteiger partial charge on any atom is 0.333 e. The number of esters is 1. The van der Waals surface area contributed by atoms with Crippen LogP contribution in [0.2, 0.25) is 0 Å². The van der Waals surface area contributed by atoms with Crippen molar-refractivity contribution < 1.29 is 19.2 Å². The second-order valence-electron chi connectivity index (χ2n) is 3.93. The van der Waals surface area contributed by atoms with E-state index in [1.54, 1.807) is 19.1 Å². The van der Waals surface area contributed by atoms with Crippen LogP contribution in [-0.4, -0.2) is 24.6 Å². The Bertz CT molecular complexity index is 536. The number of nitrogens with zero attached hydrogens (tertiary/aromatic N) is 1. The number of benzene rings is 1. The van der Waals surface area contributed by atoms with E-state index in [2.05, 4.69) is 0 Å². The molecule has 20 heavy (non-hydrogen) atoms. The quantitative estimate of drug-likeness (QED) is 0.346. The molecule has 0 atom stereocenters. The van der Waals surface area contributed by atoms with Crippen LogP contribution in [0.1, 0.15) is 25.8 Å². The molecule has 0 aliphatic heterocycles. The second kappa shape index (κ2) is 7.28. The van der Waals surface area contributed by atoms with Crippen molar-refractivity contribution in [3.8, 4) is 5.75 Å². The van der Waals surface area contributed by atoms with Crippen molar-refractivity contribution in [2.75, 3.05) is 13.7 Å². The van der Waals surface area contributed by atoms with E-state index in [0.29, 0.717) is 24.2 Å². The van der Waals surface area contributed by atoms with Crippen LogP contribution in [0.15, 0.2) is 23.8 Å². The Balaban J connectivity index is 3.16. The minimum absolute atomic E-state index is 0.138. The summed E-state index contributed by atoms with van der Waals surface area (Å²) < 4.78 is 9.85. The number of carbonyl (C=O) groups is 1. The lowest BCUT2D eigenvalue weighted by molar-refractivity contribution is -0.385. The summed E-state index contributed by atoms with van der Waals surface area (Å²) in [5.41, 5.74) is 0.884. The first kappa shape index (κ1) is 15.7. The highest BCUT2D eigenvalue weighted by Crippen LogP contribution is 2.28. The molecule has 0 aliphatic rings. The predicted molar refractivity (Wildman–Crippen MR) is 74.5 cm³/mol. The molecule has 1 aromatic rings. The highest BCUT2D eigenvalue weighted by atomic mass is 16.6. The van der Waals surface area contributed by atoms with Gasteiger partial charge in [-0.05, 0) is 31.1 Å². The molecular weight excluding hydrogens is 262 g/mol. The lowest BCUT2D eigenvalue weighted by Crippen LogP contribution is -2.06. The van der Waals surface area contributed by atoms with E-state index in [1.807, 2.05) is 6.92 Å². The van der Waals surface area contributed by atoms with Crippen molar-refractivity contribution in [1.82, 2.24) is 0 Å². The summed E-state index contributed by atoms with van der Waals surface area (Å²) in [5.74, 6) is -0.227. The third-order valence-electron chi connectivity index (χ3n) is 2.66. The molecule has 6 nitrogen and oxygen atoms in total. The number of ether oxygens (including phenoxy) is 2. The molecule has 0 N–H and O–H groups in total. The summed E-state index contributed by atoms with van der Waals surface area (Å²) >= 11 is 0. The maximum atomic E-state index is 11.7. The van der Waals surface area contributed by atoms with Crippen LogP contribution >= 0.6 is 0 Å². The molecule has 0 aliphatic carbocycles. The van der Waals surface area contributed by atoms with Crippen molar-refractivity contribution in [2.45, 2.75) is 20.3 Å². The molecule has 108 valence electrons.